The number of aliphatic hydroxyl groups is 1. The van der Waals surface area contributed by atoms with Crippen LogP contribution in [-0.2, 0) is 0 Å². The lowest BCUT2D eigenvalue weighted by atomic mass is 10.2. The highest BCUT2D eigenvalue weighted by molar-refractivity contribution is 5.33. The van der Waals surface area contributed by atoms with Gasteiger partial charge >= 0.3 is 0 Å². The molecule has 1 N–H and O–H groups in total. The topological polar surface area (TPSA) is 49.7 Å². The Hall–Kier alpha value is -1.64. The SMILES string of the molecule is O=NC1=C/C=C\C=C/C=C\1O. The van der Waals surface area contributed by atoms with E-state index in [2.05, 4.69) is 5.18 Å². The van der Waals surface area contributed by atoms with Crippen molar-refractivity contribution in [2.24, 2.45) is 5.18 Å². The van der Waals surface area contributed by atoms with Crippen LogP contribution >= 0.6 is 0 Å². The second-order valence-electron chi connectivity index (χ2n) is 1.96. The lowest BCUT2D eigenvalue weighted by Crippen LogP contribution is -1.83. The first-order chi connectivity index (χ1) is 5.34. The van der Waals surface area contributed by atoms with Crippen molar-refractivity contribution in [2.45, 2.75) is 0 Å². The summed E-state index contributed by atoms with van der Waals surface area (Å²) >= 11 is 0. The molecule has 1 aliphatic rings. The van der Waals surface area contributed by atoms with Crippen LogP contribution in [-0.4, -0.2) is 5.11 Å². The average Bonchev–Trinajstić information content (AvgIpc) is 1.98. The molecule has 56 valence electrons. The molecule has 0 fully saturated rings. The third kappa shape index (κ3) is 1.89. The highest BCUT2D eigenvalue weighted by Crippen LogP contribution is 2.09. The van der Waals surface area contributed by atoms with E-state index in [4.69, 9.17) is 5.11 Å². The van der Waals surface area contributed by atoms with E-state index in [1.807, 2.05) is 0 Å². The van der Waals surface area contributed by atoms with Crippen molar-refractivity contribution in [3.63, 3.8) is 0 Å². The van der Waals surface area contributed by atoms with Gasteiger partial charge in [0.2, 0.25) is 0 Å². The maximum absolute atomic E-state index is 10.1. The summed E-state index contributed by atoms with van der Waals surface area (Å²) in [4.78, 5) is 10.1. The molecule has 0 aliphatic heterocycles. The normalized spacial score (nSPS) is 31.6. The van der Waals surface area contributed by atoms with Crippen LogP contribution in [0.25, 0.3) is 0 Å². The Balaban J connectivity index is 2.98. The minimum atomic E-state index is -0.111. The maximum Gasteiger partial charge on any atom is 0.149 e. The molecule has 3 heteroatoms. The van der Waals surface area contributed by atoms with Gasteiger partial charge in [-0.2, -0.15) is 0 Å². The minimum absolute atomic E-state index is 0.0469. The van der Waals surface area contributed by atoms with Crippen LogP contribution in [0.5, 0.6) is 0 Å². The molecule has 0 heterocycles. The Morgan fingerprint density at radius 1 is 1.09 bits per heavy atom. The molecule has 0 atom stereocenters. The molecule has 0 amide bonds. The highest BCUT2D eigenvalue weighted by Gasteiger charge is 2.00. The quantitative estimate of drug-likeness (QED) is 0.581. The van der Waals surface area contributed by atoms with E-state index in [-0.39, 0.29) is 11.5 Å². The molecule has 0 aromatic carbocycles. The molecular formula is C8H7NO2. The molecule has 0 bridgehead atoms. The molecule has 0 spiro atoms. The second-order valence-corrected chi connectivity index (χ2v) is 1.96. The van der Waals surface area contributed by atoms with E-state index in [0.717, 1.165) is 0 Å². The van der Waals surface area contributed by atoms with Gasteiger partial charge in [-0.15, -0.1) is 4.91 Å². The van der Waals surface area contributed by atoms with Crippen molar-refractivity contribution < 1.29 is 5.11 Å². The Morgan fingerprint density at radius 2 is 1.73 bits per heavy atom. The maximum atomic E-state index is 10.1. The predicted molar refractivity (Wildman–Crippen MR) is 42.9 cm³/mol. The molecule has 0 saturated carbocycles. The molecule has 1 rings (SSSR count). The Kier molecular flexibility index (Phi) is 2.38. The van der Waals surface area contributed by atoms with Crippen LogP contribution in [0, 0.1) is 4.91 Å². The monoisotopic (exact) mass is 149 g/mol. The van der Waals surface area contributed by atoms with Crippen molar-refractivity contribution in [3.8, 4) is 0 Å². The lowest BCUT2D eigenvalue weighted by molar-refractivity contribution is 0.422. The number of hydrogen-bond donors (Lipinski definition) is 1. The molecule has 1 aliphatic carbocycles. The smallest absolute Gasteiger partial charge is 0.149 e. The summed E-state index contributed by atoms with van der Waals surface area (Å²) in [5.41, 5.74) is 0.0469. The summed E-state index contributed by atoms with van der Waals surface area (Å²) in [5, 5.41) is 11.7. The fourth-order valence-electron chi connectivity index (χ4n) is 0.670. The third-order valence-electron chi connectivity index (χ3n) is 1.20. The second kappa shape index (κ2) is 3.51. The van der Waals surface area contributed by atoms with E-state index in [0.29, 0.717) is 0 Å². The van der Waals surface area contributed by atoms with Crippen molar-refractivity contribution in [1.29, 1.82) is 0 Å². The van der Waals surface area contributed by atoms with E-state index >= 15 is 0 Å². The van der Waals surface area contributed by atoms with Crippen LogP contribution in [0.4, 0.5) is 0 Å². The fraction of sp³-hybridized carbons (Fsp3) is 0. The van der Waals surface area contributed by atoms with E-state index in [1.165, 1.54) is 12.2 Å². The number of allylic oxidation sites excluding steroid dienone is 6. The molecule has 0 radical (unpaired) electrons. The fourth-order valence-corrected chi connectivity index (χ4v) is 0.670. The van der Waals surface area contributed by atoms with Crippen LogP contribution in [0.3, 0.4) is 0 Å². The Labute approximate surface area is 64.0 Å². The molecule has 11 heavy (non-hydrogen) atoms. The number of rotatable bonds is 1. The van der Waals surface area contributed by atoms with Crippen LogP contribution in [0.15, 0.2) is 53.1 Å². The average molecular weight is 149 g/mol. The highest BCUT2D eigenvalue weighted by atomic mass is 16.3. The van der Waals surface area contributed by atoms with Gasteiger partial charge in [0.25, 0.3) is 0 Å². The predicted octanol–water partition coefficient (Wildman–Crippen LogP) is 2.20. The van der Waals surface area contributed by atoms with Gasteiger partial charge in [0.1, 0.15) is 11.5 Å². The van der Waals surface area contributed by atoms with Gasteiger partial charge in [-0.1, -0.05) is 24.3 Å². The molecule has 0 unspecified atom stereocenters. The lowest BCUT2D eigenvalue weighted by Gasteiger charge is -1.94. The van der Waals surface area contributed by atoms with Crippen LogP contribution in [0.1, 0.15) is 0 Å². The van der Waals surface area contributed by atoms with Gasteiger partial charge in [0, 0.05) is 0 Å². The van der Waals surface area contributed by atoms with E-state index in [9.17, 15) is 4.91 Å². The standard InChI is InChI=1S/C8H7NO2/c10-8-6-4-2-1-3-5-7(8)9-11/h1-6,10H/b2-1?,3-1-,4-2-,5-3?,6-4?,7-5+,8-6+,8-7?. The molecular weight excluding hydrogens is 142 g/mol. The Bertz CT molecular complexity index is 272. The van der Waals surface area contributed by atoms with Gasteiger partial charge in [-0.3, -0.25) is 0 Å². The zero-order valence-electron chi connectivity index (χ0n) is 5.77. The first-order valence-corrected chi connectivity index (χ1v) is 3.12. The summed E-state index contributed by atoms with van der Waals surface area (Å²) in [6.07, 6.45) is 9.61. The van der Waals surface area contributed by atoms with E-state index in [1.54, 1.807) is 24.3 Å². The summed E-state index contributed by atoms with van der Waals surface area (Å²) in [7, 11) is 0. The number of hydrogen-bond acceptors (Lipinski definition) is 3. The first kappa shape index (κ1) is 7.47. The van der Waals surface area contributed by atoms with Gasteiger partial charge in [-0.25, -0.2) is 0 Å². The zero-order chi connectivity index (χ0) is 8.10. The van der Waals surface area contributed by atoms with Crippen molar-refractivity contribution >= 4 is 0 Å². The third-order valence-corrected chi connectivity index (χ3v) is 1.20. The largest absolute Gasteiger partial charge is 0.506 e. The summed E-state index contributed by atoms with van der Waals surface area (Å²) in [6.45, 7) is 0. The number of nitrogens with zero attached hydrogens (tertiary/aromatic N) is 1. The summed E-state index contributed by atoms with van der Waals surface area (Å²) < 4.78 is 0. The molecule has 0 aromatic heterocycles. The van der Waals surface area contributed by atoms with Gasteiger partial charge in [0.05, 0.1) is 0 Å². The van der Waals surface area contributed by atoms with Gasteiger partial charge in [0.15, 0.2) is 0 Å². The molecule has 0 aromatic rings. The van der Waals surface area contributed by atoms with Crippen LogP contribution in [0.2, 0.25) is 0 Å². The van der Waals surface area contributed by atoms with E-state index < -0.39 is 0 Å². The number of aliphatic hydroxyl groups excluding tert-OH is 1. The van der Waals surface area contributed by atoms with Crippen LogP contribution < -0.4 is 0 Å². The van der Waals surface area contributed by atoms with Crippen molar-refractivity contribution in [1.82, 2.24) is 0 Å². The van der Waals surface area contributed by atoms with Crippen molar-refractivity contribution in [3.05, 3.63) is 52.8 Å². The Morgan fingerprint density at radius 3 is 2.36 bits per heavy atom. The van der Waals surface area contributed by atoms with Crippen molar-refractivity contribution in [2.75, 3.05) is 0 Å². The zero-order valence-corrected chi connectivity index (χ0v) is 5.77. The van der Waals surface area contributed by atoms with Gasteiger partial charge < -0.3 is 5.11 Å². The minimum Gasteiger partial charge on any atom is -0.506 e. The first-order valence-electron chi connectivity index (χ1n) is 3.12. The molecule has 3 nitrogen and oxygen atoms in total. The number of nitroso groups, excluding NO2 is 1. The summed E-state index contributed by atoms with van der Waals surface area (Å²) in [5.74, 6) is -0.111. The van der Waals surface area contributed by atoms with Gasteiger partial charge in [-0.05, 0) is 17.3 Å². The summed E-state index contributed by atoms with van der Waals surface area (Å²) in [6, 6.07) is 0. The molecule has 0 saturated heterocycles.